The van der Waals surface area contributed by atoms with E-state index in [9.17, 15) is 13.2 Å². The molecular weight excluding hydrogens is 426 g/mol. The Balaban J connectivity index is 1.51. The average Bonchev–Trinajstić information content (AvgIpc) is 3.22. The summed E-state index contributed by atoms with van der Waals surface area (Å²) in [7, 11) is -2.32. The maximum absolute atomic E-state index is 12.8. The number of ether oxygens (including phenoxy) is 1. The summed E-state index contributed by atoms with van der Waals surface area (Å²) in [6.07, 6.45) is 0.999. The van der Waals surface area contributed by atoms with Crippen molar-refractivity contribution >= 4 is 33.0 Å². The Labute approximate surface area is 188 Å². The molecule has 0 saturated carbocycles. The number of anilines is 3. The van der Waals surface area contributed by atoms with E-state index in [2.05, 4.69) is 21.9 Å². The van der Waals surface area contributed by atoms with Gasteiger partial charge in [-0.15, -0.1) is 0 Å². The first-order valence-electron chi connectivity index (χ1n) is 10.4. The normalized spacial score (nSPS) is 12.9. The largest absolute Gasteiger partial charge is 0.497 e. The Morgan fingerprint density at radius 3 is 2.50 bits per heavy atom. The van der Waals surface area contributed by atoms with E-state index in [0.717, 1.165) is 25.2 Å². The molecular formula is C24H25N3O4S. The maximum atomic E-state index is 12.8. The number of benzene rings is 3. The van der Waals surface area contributed by atoms with E-state index in [1.807, 2.05) is 18.2 Å². The van der Waals surface area contributed by atoms with Crippen LogP contribution in [-0.2, 0) is 16.4 Å². The van der Waals surface area contributed by atoms with E-state index >= 15 is 0 Å². The van der Waals surface area contributed by atoms with Crippen molar-refractivity contribution in [1.29, 1.82) is 0 Å². The van der Waals surface area contributed by atoms with Crippen molar-refractivity contribution in [3.05, 3.63) is 77.9 Å². The lowest BCUT2D eigenvalue weighted by Gasteiger charge is -2.17. The van der Waals surface area contributed by atoms with Gasteiger partial charge in [0.25, 0.3) is 15.9 Å². The predicted octanol–water partition coefficient (Wildman–Crippen LogP) is 4.13. The fourth-order valence-electron chi connectivity index (χ4n) is 3.73. The molecule has 0 unspecified atom stereocenters. The Hall–Kier alpha value is -3.52. The number of rotatable bonds is 7. The minimum absolute atomic E-state index is 0.00656. The van der Waals surface area contributed by atoms with Crippen LogP contribution in [0.15, 0.2) is 71.6 Å². The Bertz CT molecular complexity index is 1240. The van der Waals surface area contributed by atoms with Crippen LogP contribution in [0.1, 0.15) is 22.8 Å². The van der Waals surface area contributed by atoms with E-state index in [0.29, 0.717) is 17.1 Å². The molecule has 32 heavy (non-hydrogen) atoms. The van der Waals surface area contributed by atoms with Crippen molar-refractivity contribution in [2.24, 2.45) is 0 Å². The third-order valence-electron chi connectivity index (χ3n) is 5.47. The minimum Gasteiger partial charge on any atom is -0.497 e. The van der Waals surface area contributed by atoms with Crippen LogP contribution in [-0.4, -0.2) is 34.5 Å². The fraction of sp³-hybridized carbons (Fsp3) is 0.208. The number of hydrogen-bond donors (Lipinski definition) is 2. The molecule has 0 radical (unpaired) electrons. The van der Waals surface area contributed by atoms with E-state index < -0.39 is 10.0 Å². The number of hydrogen-bond acceptors (Lipinski definition) is 5. The molecule has 8 heteroatoms. The summed E-state index contributed by atoms with van der Waals surface area (Å²) in [5, 5.41) is 2.88. The zero-order chi connectivity index (χ0) is 22.7. The van der Waals surface area contributed by atoms with Gasteiger partial charge in [0, 0.05) is 35.7 Å². The van der Waals surface area contributed by atoms with Crippen LogP contribution in [0.3, 0.4) is 0 Å². The van der Waals surface area contributed by atoms with Crippen molar-refractivity contribution in [1.82, 2.24) is 0 Å². The number of carbonyl (C=O) groups is 1. The van der Waals surface area contributed by atoms with Crippen LogP contribution in [0.4, 0.5) is 17.1 Å². The van der Waals surface area contributed by atoms with Gasteiger partial charge in [-0.2, -0.15) is 0 Å². The summed E-state index contributed by atoms with van der Waals surface area (Å²) in [6.45, 7) is 3.99. The highest BCUT2D eigenvalue weighted by molar-refractivity contribution is 7.92. The molecule has 1 aliphatic rings. The average molecular weight is 452 g/mol. The van der Waals surface area contributed by atoms with Gasteiger partial charge in [-0.05, 0) is 73.5 Å². The minimum atomic E-state index is -3.86. The zero-order valence-electron chi connectivity index (χ0n) is 18.0. The van der Waals surface area contributed by atoms with Gasteiger partial charge in [0.05, 0.1) is 12.0 Å². The second-order valence-corrected chi connectivity index (χ2v) is 9.17. The maximum Gasteiger partial charge on any atom is 0.261 e. The monoisotopic (exact) mass is 451 g/mol. The lowest BCUT2D eigenvalue weighted by Crippen LogP contribution is -2.19. The van der Waals surface area contributed by atoms with Gasteiger partial charge < -0.3 is 15.0 Å². The third-order valence-corrected chi connectivity index (χ3v) is 6.84. The first-order chi connectivity index (χ1) is 15.4. The van der Waals surface area contributed by atoms with Crippen molar-refractivity contribution in [2.75, 3.05) is 35.1 Å². The molecule has 3 aromatic carbocycles. The van der Waals surface area contributed by atoms with Crippen molar-refractivity contribution in [3.63, 3.8) is 0 Å². The predicted molar refractivity (Wildman–Crippen MR) is 126 cm³/mol. The van der Waals surface area contributed by atoms with Gasteiger partial charge in [-0.3, -0.25) is 9.52 Å². The second-order valence-electron chi connectivity index (χ2n) is 7.49. The van der Waals surface area contributed by atoms with Crippen LogP contribution >= 0.6 is 0 Å². The molecule has 166 valence electrons. The second kappa shape index (κ2) is 8.92. The lowest BCUT2D eigenvalue weighted by atomic mass is 10.1. The SMILES string of the molecule is CCN1CCc2ccc(NC(=O)c3cccc(S(=O)(=O)Nc4ccc(OC)cc4)c3)cc21. The molecule has 7 nitrogen and oxygen atoms in total. The zero-order valence-corrected chi connectivity index (χ0v) is 18.8. The van der Waals surface area contributed by atoms with Crippen LogP contribution in [0.5, 0.6) is 5.75 Å². The molecule has 0 aliphatic carbocycles. The van der Waals surface area contributed by atoms with Gasteiger partial charge in [-0.1, -0.05) is 12.1 Å². The van der Waals surface area contributed by atoms with Gasteiger partial charge in [-0.25, -0.2) is 8.42 Å². The van der Waals surface area contributed by atoms with Crippen LogP contribution in [0.2, 0.25) is 0 Å². The highest BCUT2D eigenvalue weighted by Crippen LogP contribution is 2.30. The Kier molecular flexibility index (Phi) is 6.05. The molecule has 2 N–H and O–H groups in total. The molecule has 0 fully saturated rings. The Morgan fingerprint density at radius 1 is 1.03 bits per heavy atom. The lowest BCUT2D eigenvalue weighted by molar-refractivity contribution is 0.102. The first-order valence-corrected chi connectivity index (χ1v) is 11.8. The van der Waals surface area contributed by atoms with Crippen LogP contribution in [0, 0.1) is 0 Å². The molecule has 0 spiro atoms. The number of carbonyl (C=O) groups excluding carboxylic acids is 1. The van der Waals surface area contributed by atoms with Crippen LogP contribution in [0.25, 0.3) is 0 Å². The molecule has 0 bridgehead atoms. The first kappa shape index (κ1) is 21.7. The van der Waals surface area contributed by atoms with E-state index in [1.54, 1.807) is 36.4 Å². The number of likely N-dealkylation sites (N-methyl/N-ethyl adjacent to an activating group) is 1. The molecule has 0 saturated heterocycles. The highest BCUT2D eigenvalue weighted by Gasteiger charge is 2.20. The highest BCUT2D eigenvalue weighted by atomic mass is 32.2. The van der Waals surface area contributed by atoms with E-state index in [1.165, 1.54) is 24.8 Å². The number of amides is 1. The summed E-state index contributed by atoms with van der Waals surface area (Å²) in [5.74, 6) is 0.257. The molecule has 0 aromatic heterocycles. The van der Waals surface area contributed by atoms with Crippen molar-refractivity contribution in [2.45, 2.75) is 18.2 Å². The molecule has 1 amide bonds. The molecule has 1 aliphatic heterocycles. The molecule has 0 atom stereocenters. The summed E-state index contributed by atoms with van der Waals surface area (Å²) in [4.78, 5) is 15.1. The van der Waals surface area contributed by atoms with Gasteiger partial charge >= 0.3 is 0 Å². The standard InChI is InChI=1S/C24H25N3O4S/c1-3-27-14-13-17-7-8-20(16-23(17)27)25-24(28)18-5-4-6-22(15-18)32(29,30)26-19-9-11-21(31-2)12-10-19/h4-12,15-16,26H,3,13-14H2,1-2H3,(H,25,28). The van der Waals surface area contributed by atoms with Crippen LogP contribution < -0.4 is 19.7 Å². The third kappa shape index (κ3) is 4.55. The van der Waals surface area contributed by atoms with Gasteiger partial charge in [0.15, 0.2) is 0 Å². The fourth-order valence-corrected chi connectivity index (χ4v) is 4.84. The quantitative estimate of drug-likeness (QED) is 0.564. The number of methoxy groups -OCH3 is 1. The number of sulfonamides is 1. The number of nitrogens with zero attached hydrogens (tertiary/aromatic N) is 1. The van der Waals surface area contributed by atoms with Crippen molar-refractivity contribution < 1.29 is 17.9 Å². The van der Waals surface area contributed by atoms with E-state index in [4.69, 9.17) is 4.74 Å². The number of nitrogens with one attached hydrogen (secondary N) is 2. The topological polar surface area (TPSA) is 87.7 Å². The van der Waals surface area contributed by atoms with Gasteiger partial charge in [0.2, 0.25) is 0 Å². The molecule has 3 aromatic rings. The summed E-state index contributed by atoms with van der Waals surface area (Å²) < 4.78 is 33.2. The molecule has 4 rings (SSSR count). The van der Waals surface area contributed by atoms with Crippen molar-refractivity contribution in [3.8, 4) is 5.75 Å². The Morgan fingerprint density at radius 2 is 1.78 bits per heavy atom. The summed E-state index contributed by atoms with van der Waals surface area (Å²) in [6, 6.07) is 18.4. The van der Waals surface area contributed by atoms with E-state index in [-0.39, 0.29) is 16.4 Å². The smallest absolute Gasteiger partial charge is 0.261 e. The summed E-state index contributed by atoms with van der Waals surface area (Å²) in [5.41, 5.74) is 3.74. The summed E-state index contributed by atoms with van der Waals surface area (Å²) >= 11 is 0. The van der Waals surface area contributed by atoms with Gasteiger partial charge in [0.1, 0.15) is 5.75 Å². The molecule has 1 heterocycles. The number of fused-ring (bicyclic) bond motifs is 1.